The average molecular weight is 433 g/mol. The topological polar surface area (TPSA) is 71.8 Å². The number of carbonyl (C=O) groups is 2. The molecule has 1 N–H and O–H groups in total. The summed E-state index contributed by atoms with van der Waals surface area (Å²) < 4.78 is 10.8. The van der Waals surface area contributed by atoms with Gasteiger partial charge in [-0.05, 0) is 61.2 Å². The van der Waals surface area contributed by atoms with Crippen LogP contribution < -0.4 is 15.0 Å². The summed E-state index contributed by atoms with van der Waals surface area (Å²) >= 11 is 0. The first-order valence-electron chi connectivity index (χ1n) is 11.0. The average Bonchev–Trinajstić information content (AvgIpc) is 3.52. The molecular formula is C26H28N2O4. The first kappa shape index (κ1) is 21.7. The molecule has 2 amide bonds. The number of carbonyl (C=O) groups excluding carboxylic acids is 2. The summed E-state index contributed by atoms with van der Waals surface area (Å²) in [6.07, 6.45) is 5.56. The van der Waals surface area contributed by atoms with Crippen molar-refractivity contribution in [3.63, 3.8) is 0 Å². The molecule has 0 saturated heterocycles. The van der Waals surface area contributed by atoms with Crippen molar-refractivity contribution in [3.05, 3.63) is 83.8 Å². The van der Waals surface area contributed by atoms with E-state index in [1.807, 2.05) is 49.4 Å². The van der Waals surface area contributed by atoms with Gasteiger partial charge < -0.3 is 14.5 Å². The third kappa shape index (κ3) is 4.54. The Hall–Kier alpha value is -3.54. The van der Waals surface area contributed by atoms with Gasteiger partial charge in [-0.25, -0.2) is 0 Å². The van der Waals surface area contributed by atoms with E-state index < -0.39 is 6.04 Å². The van der Waals surface area contributed by atoms with Crippen LogP contribution in [0.2, 0.25) is 0 Å². The second-order valence-electron chi connectivity index (χ2n) is 8.11. The summed E-state index contributed by atoms with van der Waals surface area (Å²) in [4.78, 5) is 28.9. The lowest BCUT2D eigenvalue weighted by Crippen LogP contribution is -2.46. The number of amides is 2. The fourth-order valence-electron chi connectivity index (χ4n) is 4.30. The quantitative estimate of drug-likeness (QED) is 0.568. The molecule has 1 aliphatic carbocycles. The lowest BCUT2D eigenvalue weighted by molar-refractivity contribution is -0.123. The molecule has 4 rings (SSSR count). The molecule has 0 radical (unpaired) electrons. The first-order chi connectivity index (χ1) is 15.6. The maximum absolute atomic E-state index is 13.7. The van der Waals surface area contributed by atoms with E-state index in [0.29, 0.717) is 17.0 Å². The molecule has 0 spiro atoms. The minimum atomic E-state index is -0.885. The highest BCUT2D eigenvalue weighted by Crippen LogP contribution is 2.34. The molecule has 1 aromatic heterocycles. The van der Waals surface area contributed by atoms with Gasteiger partial charge in [0.2, 0.25) is 5.91 Å². The molecule has 6 nitrogen and oxygen atoms in total. The predicted molar refractivity (Wildman–Crippen MR) is 123 cm³/mol. The van der Waals surface area contributed by atoms with Crippen LogP contribution in [-0.2, 0) is 4.79 Å². The van der Waals surface area contributed by atoms with Crippen LogP contribution in [0, 0.1) is 6.92 Å². The Morgan fingerprint density at radius 3 is 2.53 bits per heavy atom. The summed E-state index contributed by atoms with van der Waals surface area (Å²) in [5.74, 6) is 0.207. The monoisotopic (exact) mass is 432 g/mol. The number of furan rings is 1. The smallest absolute Gasteiger partial charge is 0.294 e. The van der Waals surface area contributed by atoms with Crippen molar-refractivity contribution in [1.82, 2.24) is 5.32 Å². The van der Waals surface area contributed by atoms with Crippen LogP contribution in [0.25, 0.3) is 0 Å². The Bertz CT molecular complexity index is 1070. The maximum Gasteiger partial charge on any atom is 0.294 e. The van der Waals surface area contributed by atoms with Crippen LogP contribution in [0.5, 0.6) is 5.75 Å². The van der Waals surface area contributed by atoms with Crippen LogP contribution in [0.3, 0.4) is 0 Å². The van der Waals surface area contributed by atoms with Crippen LogP contribution in [0.15, 0.2) is 71.3 Å². The molecule has 0 unspecified atom stereocenters. The van der Waals surface area contributed by atoms with Crippen LogP contribution in [-0.4, -0.2) is 25.0 Å². The van der Waals surface area contributed by atoms with E-state index in [0.717, 1.165) is 31.2 Å². The lowest BCUT2D eigenvalue weighted by Gasteiger charge is -2.32. The zero-order chi connectivity index (χ0) is 22.5. The SMILES string of the molecule is COc1cccc([C@@H](C(=O)NC2CCCC2)N(C(=O)c2ccco2)c2ccccc2C)c1. The number of nitrogens with one attached hydrogen (secondary N) is 1. The van der Waals surface area contributed by atoms with Crippen molar-refractivity contribution in [3.8, 4) is 5.75 Å². The summed E-state index contributed by atoms with van der Waals surface area (Å²) in [6.45, 7) is 1.93. The zero-order valence-corrected chi connectivity index (χ0v) is 18.4. The van der Waals surface area contributed by atoms with Gasteiger partial charge in [-0.1, -0.05) is 43.2 Å². The largest absolute Gasteiger partial charge is 0.497 e. The standard InChI is InChI=1S/C26H28N2O4/c1-18-9-3-6-14-22(18)28(26(30)23-15-8-16-32-23)24(19-10-7-13-21(17-19)31-2)25(29)27-20-11-4-5-12-20/h3,6-10,13-17,20,24H,4-5,11-12H2,1-2H3,(H,27,29)/t24-/m0/s1. The van der Waals surface area contributed by atoms with Crippen molar-refractivity contribution in [2.75, 3.05) is 12.0 Å². The third-order valence-electron chi connectivity index (χ3n) is 5.94. The number of hydrogen-bond donors (Lipinski definition) is 1. The number of hydrogen-bond acceptors (Lipinski definition) is 4. The molecule has 0 bridgehead atoms. The molecular weight excluding hydrogens is 404 g/mol. The van der Waals surface area contributed by atoms with Gasteiger partial charge in [0.25, 0.3) is 5.91 Å². The normalized spacial score (nSPS) is 14.7. The first-order valence-corrected chi connectivity index (χ1v) is 11.0. The second-order valence-corrected chi connectivity index (χ2v) is 8.11. The van der Waals surface area contributed by atoms with Gasteiger partial charge in [-0.3, -0.25) is 14.5 Å². The minimum absolute atomic E-state index is 0.119. The molecule has 32 heavy (non-hydrogen) atoms. The fraction of sp³-hybridized carbons (Fsp3) is 0.308. The van der Waals surface area contributed by atoms with E-state index in [9.17, 15) is 9.59 Å². The number of ether oxygens (including phenoxy) is 1. The number of rotatable bonds is 7. The maximum atomic E-state index is 13.7. The van der Waals surface area contributed by atoms with E-state index in [-0.39, 0.29) is 23.6 Å². The van der Waals surface area contributed by atoms with Gasteiger partial charge in [0.05, 0.1) is 13.4 Å². The summed E-state index contributed by atoms with van der Waals surface area (Å²) in [7, 11) is 1.58. The van der Waals surface area contributed by atoms with Crippen LogP contribution in [0.1, 0.15) is 53.4 Å². The highest BCUT2D eigenvalue weighted by molar-refractivity contribution is 6.09. The Balaban J connectivity index is 1.84. The molecule has 3 aromatic rings. The van der Waals surface area contributed by atoms with E-state index in [1.165, 1.54) is 11.2 Å². The van der Waals surface area contributed by atoms with Crippen molar-refractivity contribution >= 4 is 17.5 Å². The molecule has 1 fully saturated rings. The number of aryl methyl sites for hydroxylation is 1. The van der Waals surface area contributed by atoms with Crippen molar-refractivity contribution in [2.45, 2.75) is 44.7 Å². The molecule has 2 aromatic carbocycles. The predicted octanol–water partition coefficient (Wildman–Crippen LogP) is 5.04. The van der Waals surface area contributed by atoms with E-state index in [4.69, 9.17) is 9.15 Å². The molecule has 1 heterocycles. The molecule has 1 saturated carbocycles. The summed E-state index contributed by atoms with van der Waals surface area (Å²) in [5.41, 5.74) is 2.21. The summed E-state index contributed by atoms with van der Waals surface area (Å²) in [5, 5.41) is 3.18. The van der Waals surface area contributed by atoms with E-state index in [1.54, 1.807) is 25.3 Å². The molecule has 1 aliphatic rings. The lowest BCUT2D eigenvalue weighted by atomic mass is 10.0. The highest BCUT2D eigenvalue weighted by Gasteiger charge is 2.36. The van der Waals surface area contributed by atoms with E-state index >= 15 is 0 Å². The second kappa shape index (κ2) is 9.73. The van der Waals surface area contributed by atoms with Crippen LogP contribution in [0.4, 0.5) is 5.69 Å². The van der Waals surface area contributed by atoms with Gasteiger partial charge in [-0.15, -0.1) is 0 Å². The Kier molecular flexibility index (Phi) is 6.59. The van der Waals surface area contributed by atoms with Crippen molar-refractivity contribution in [1.29, 1.82) is 0 Å². The number of benzene rings is 2. The Morgan fingerprint density at radius 1 is 1.06 bits per heavy atom. The molecule has 1 atom stereocenters. The van der Waals surface area contributed by atoms with Crippen molar-refractivity contribution in [2.24, 2.45) is 0 Å². The number of para-hydroxylation sites is 1. The number of nitrogens with zero attached hydrogens (tertiary/aromatic N) is 1. The number of methoxy groups -OCH3 is 1. The van der Waals surface area contributed by atoms with Gasteiger partial charge >= 0.3 is 0 Å². The minimum Gasteiger partial charge on any atom is -0.497 e. The van der Waals surface area contributed by atoms with Gasteiger partial charge in [-0.2, -0.15) is 0 Å². The van der Waals surface area contributed by atoms with Gasteiger partial charge in [0.1, 0.15) is 11.8 Å². The van der Waals surface area contributed by atoms with Crippen molar-refractivity contribution < 1.29 is 18.7 Å². The fourth-order valence-corrected chi connectivity index (χ4v) is 4.30. The van der Waals surface area contributed by atoms with Gasteiger partial charge in [0, 0.05) is 11.7 Å². The third-order valence-corrected chi connectivity index (χ3v) is 5.94. The zero-order valence-electron chi connectivity index (χ0n) is 18.4. The summed E-state index contributed by atoms with van der Waals surface area (Å²) in [6, 6.07) is 17.4. The molecule has 166 valence electrons. The molecule has 0 aliphatic heterocycles. The Labute approximate surface area is 188 Å². The highest BCUT2D eigenvalue weighted by atomic mass is 16.5. The Morgan fingerprint density at radius 2 is 1.84 bits per heavy atom. The van der Waals surface area contributed by atoms with E-state index in [2.05, 4.69) is 5.32 Å². The van der Waals surface area contributed by atoms with Gasteiger partial charge in [0.15, 0.2) is 5.76 Å². The number of anilines is 1. The molecule has 6 heteroatoms. The van der Waals surface area contributed by atoms with Crippen LogP contribution >= 0.6 is 0 Å².